The van der Waals surface area contributed by atoms with Gasteiger partial charge in [0, 0.05) is 5.02 Å². The third kappa shape index (κ3) is 4.72. The van der Waals surface area contributed by atoms with E-state index in [0.29, 0.717) is 11.4 Å². The van der Waals surface area contributed by atoms with Crippen LogP contribution in [0.3, 0.4) is 0 Å². The van der Waals surface area contributed by atoms with Crippen LogP contribution in [-0.2, 0) is 11.2 Å². The summed E-state index contributed by atoms with van der Waals surface area (Å²) in [6.07, 6.45) is 1.92. The minimum atomic E-state index is -0.131. The van der Waals surface area contributed by atoms with Crippen molar-refractivity contribution in [1.82, 2.24) is 5.43 Å². The van der Waals surface area contributed by atoms with Crippen molar-refractivity contribution in [3.05, 3.63) is 69.7 Å². The van der Waals surface area contributed by atoms with Gasteiger partial charge >= 0.3 is 0 Å². The first kappa shape index (κ1) is 15.3. The Labute approximate surface area is 129 Å². The first-order valence-electron chi connectivity index (χ1n) is 6.68. The fourth-order valence-corrected chi connectivity index (χ4v) is 2.06. The molecule has 0 atom stereocenters. The number of halogens is 1. The van der Waals surface area contributed by atoms with Crippen LogP contribution in [0.4, 0.5) is 0 Å². The zero-order chi connectivity index (χ0) is 15.2. The third-order valence-corrected chi connectivity index (χ3v) is 3.38. The van der Waals surface area contributed by atoms with Gasteiger partial charge in [0.05, 0.1) is 12.6 Å². The summed E-state index contributed by atoms with van der Waals surface area (Å²) in [4.78, 5) is 11.9. The normalized spacial score (nSPS) is 10.8. The number of amides is 1. The lowest BCUT2D eigenvalue weighted by Gasteiger charge is -2.05. The summed E-state index contributed by atoms with van der Waals surface area (Å²) in [6, 6.07) is 13.3. The molecule has 0 bridgehead atoms. The van der Waals surface area contributed by atoms with E-state index in [2.05, 4.69) is 10.5 Å². The Balaban J connectivity index is 1.93. The Bertz CT molecular complexity index is 663. The third-order valence-electron chi connectivity index (χ3n) is 3.13. The second-order valence-electron chi connectivity index (χ2n) is 4.95. The molecule has 0 radical (unpaired) electrons. The Hall–Kier alpha value is -2.13. The van der Waals surface area contributed by atoms with Crippen molar-refractivity contribution in [3.8, 4) is 0 Å². The highest BCUT2D eigenvalue weighted by molar-refractivity contribution is 6.30. The summed E-state index contributed by atoms with van der Waals surface area (Å²) in [7, 11) is 0. The van der Waals surface area contributed by atoms with Crippen LogP contribution in [0, 0.1) is 13.8 Å². The van der Waals surface area contributed by atoms with Crippen LogP contribution >= 0.6 is 11.6 Å². The molecule has 2 rings (SSSR count). The van der Waals surface area contributed by atoms with Crippen molar-refractivity contribution in [1.29, 1.82) is 0 Å². The summed E-state index contributed by atoms with van der Waals surface area (Å²) in [5.41, 5.74) is 6.70. The summed E-state index contributed by atoms with van der Waals surface area (Å²) in [5, 5.41) is 4.62. The maximum Gasteiger partial charge on any atom is 0.244 e. The van der Waals surface area contributed by atoms with Crippen molar-refractivity contribution >= 4 is 23.7 Å². The zero-order valence-corrected chi connectivity index (χ0v) is 12.8. The molecule has 0 aliphatic carbocycles. The van der Waals surface area contributed by atoms with Gasteiger partial charge in [0.15, 0.2) is 0 Å². The lowest BCUT2D eigenvalue weighted by molar-refractivity contribution is -0.120. The Morgan fingerprint density at radius 2 is 1.90 bits per heavy atom. The van der Waals surface area contributed by atoms with E-state index in [0.717, 1.165) is 22.3 Å². The van der Waals surface area contributed by atoms with E-state index >= 15 is 0 Å². The first-order valence-corrected chi connectivity index (χ1v) is 7.06. The standard InChI is InChI=1S/C17H17ClN2O/c1-12-3-4-13(2)15(9-12)10-17(21)20-19-11-14-5-7-16(18)8-6-14/h3-9,11H,10H2,1-2H3,(H,20,21)/b19-11-. The molecule has 2 aromatic carbocycles. The smallest absolute Gasteiger partial charge is 0.244 e. The molecule has 21 heavy (non-hydrogen) atoms. The highest BCUT2D eigenvalue weighted by Crippen LogP contribution is 2.11. The number of aryl methyl sites for hydroxylation is 2. The SMILES string of the molecule is Cc1ccc(C)c(CC(=O)N/N=C\c2ccc(Cl)cc2)c1. The molecular formula is C17H17ClN2O. The fraction of sp³-hybridized carbons (Fsp3) is 0.176. The predicted octanol–water partition coefficient (Wildman–Crippen LogP) is 3.65. The molecule has 0 aromatic heterocycles. The number of nitrogens with zero attached hydrogens (tertiary/aromatic N) is 1. The molecule has 0 saturated heterocycles. The van der Waals surface area contributed by atoms with Gasteiger partial charge < -0.3 is 0 Å². The van der Waals surface area contributed by atoms with Crippen LogP contribution in [0.15, 0.2) is 47.6 Å². The lowest BCUT2D eigenvalue weighted by Crippen LogP contribution is -2.20. The van der Waals surface area contributed by atoms with Gasteiger partial charge in [-0.15, -0.1) is 0 Å². The second-order valence-corrected chi connectivity index (χ2v) is 5.39. The van der Waals surface area contributed by atoms with Crippen LogP contribution in [0.2, 0.25) is 5.02 Å². The number of benzene rings is 2. The van der Waals surface area contributed by atoms with E-state index in [4.69, 9.17) is 11.6 Å². The molecule has 2 aromatic rings. The van der Waals surface area contributed by atoms with Crippen LogP contribution in [0.5, 0.6) is 0 Å². The minimum Gasteiger partial charge on any atom is -0.273 e. The number of hydrogen-bond acceptors (Lipinski definition) is 2. The highest BCUT2D eigenvalue weighted by Gasteiger charge is 2.05. The molecule has 0 spiro atoms. The molecule has 1 N–H and O–H groups in total. The Kier molecular flexibility index (Phi) is 5.12. The van der Waals surface area contributed by atoms with Crippen molar-refractivity contribution in [2.75, 3.05) is 0 Å². The number of nitrogens with one attached hydrogen (secondary N) is 1. The molecule has 4 heteroatoms. The molecule has 0 saturated carbocycles. The van der Waals surface area contributed by atoms with Crippen LogP contribution in [0.25, 0.3) is 0 Å². The molecule has 108 valence electrons. The van der Waals surface area contributed by atoms with E-state index in [1.54, 1.807) is 18.3 Å². The van der Waals surface area contributed by atoms with E-state index < -0.39 is 0 Å². The van der Waals surface area contributed by atoms with E-state index in [1.165, 1.54) is 0 Å². The number of hydrogen-bond donors (Lipinski definition) is 1. The van der Waals surface area contributed by atoms with Crippen LogP contribution in [0.1, 0.15) is 22.3 Å². The Morgan fingerprint density at radius 3 is 2.62 bits per heavy atom. The molecule has 0 aliphatic heterocycles. The maximum atomic E-state index is 11.9. The molecule has 1 amide bonds. The van der Waals surface area contributed by atoms with E-state index in [-0.39, 0.29) is 5.91 Å². The summed E-state index contributed by atoms with van der Waals surface area (Å²) >= 11 is 5.80. The number of hydrazone groups is 1. The van der Waals surface area contributed by atoms with Gasteiger partial charge in [0.1, 0.15) is 0 Å². The fourth-order valence-electron chi connectivity index (χ4n) is 1.93. The van der Waals surface area contributed by atoms with Crippen molar-refractivity contribution in [3.63, 3.8) is 0 Å². The average Bonchev–Trinajstić information content (AvgIpc) is 2.45. The molecule has 0 fully saturated rings. The van der Waals surface area contributed by atoms with Crippen LogP contribution in [-0.4, -0.2) is 12.1 Å². The quantitative estimate of drug-likeness (QED) is 0.679. The van der Waals surface area contributed by atoms with Gasteiger partial charge in [-0.2, -0.15) is 5.10 Å². The monoisotopic (exact) mass is 300 g/mol. The largest absolute Gasteiger partial charge is 0.273 e. The van der Waals surface area contributed by atoms with Crippen molar-refractivity contribution < 1.29 is 4.79 Å². The van der Waals surface area contributed by atoms with Gasteiger partial charge in [-0.3, -0.25) is 4.79 Å². The molecule has 0 unspecified atom stereocenters. The Morgan fingerprint density at radius 1 is 1.19 bits per heavy atom. The van der Waals surface area contributed by atoms with Crippen LogP contribution < -0.4 is 5.43 Å². The van der Waals surface area contributed by atoms with Gasteiger partial charge in [-0.1, -0.05) is 47.5 Å². The second kappa shape index (κ2) is 7.04. The zero-order valence-electron chi connectivity index (χ0n) is 12.1. The molecule has 0 aliphatic rings. The number of carbonyl (C=O) groups is 1. The minimum absolute atomic E-state index is 0.131. The van der Waals surface area contributed by atoms with Gasteiger partial charge in [-0.05, 0) is 42.7 Å². The first-order chi connectivity index (χ1) is 10.0. The maximum absolute atomic E-state index is 11.9. The van der Waals surface area contributed by atoms with Gasteiger partial charge in [0.2, 0.25) is 5.91 Å². The van der Waals surface area contributed by atoms with Crippen molar-refractivity contribution in [2.45, 2.75) is 20.3 Å². The molecule has 3 nitrogen and oxygen atoms in total. The van der Waals surface area contributed by atoms with Gasteiger partial charge in [0.25, 0.3) is 0 Å². The highest BCUT2D eigenvalue weighted by atomic mass is 35.5. The summed E-state index contributed by atoms with van der Waals surface area (Å²) in [5.74, 6) is -0.131. The van der Waals surface area contributed by atoms with E-state index in [9.17, 15) is 4.79 Å². The van der Waals surface area contributed by atoms with E-state index in [1.807, 2.05) is 44.2 Å². The summed E-state index contributed by atoms with van der Waals surface area (Å²) in [6.45, 7) is 4.01. The lowest BCUT2D eigenvalue weighted by atomic mass is 10.0. The van der Waals surface area contributed by atoms with Crippen molar-refractivity contribution in [2.24, 2.45) is 5.10 Å². The average molecular weight is 301 g/mol. The van der Waals surface area contributed by atoms with Gasteiger partial charge in [-0.25, -0.2) is 5.43 Å². The number of carbonyl (C=O) groups excluding carboxylic acids is 1. The topological polar surface area (TPSA) is 41.5 Å². The summed E-state index contributed by atoms with van der Waals surface area (Å²) < 4.78 is 0. The molecule has 0 heterocycles. The number of rotatable bonds is 4. The molecular weight excluding hydrogens is 284 g/mol. The predicted molar refractivity (Wildman–Crippen MR) is 86.8 cm³/mol.